The van der Waals surface area contributed by atoms with Crippen LogP contribution in [0.15, 0.2) is 47.1 Å². The van der Waals surface area contributed by atoms with Crippen molar-refractivity contribution >= 4 is 15.9 Å². The zero-order valence-electron chi connectivity index (χ0n) is 10.5. The summed E-state index contributed by atoms with van der Waals surface area (Å²) in [5, 5.41) is 3.49. The molecule has 0 saturated heterocycles. The second kappa shape index (κ2) is 5.72. The zero-order chi connectivity index (χ0) is 13.1. The lowest BCUT2D eigenvalue weighted by atomic mass is 10.2. The molecule has 1 saturated carbocycles. The molecule has 0 bridgehead atoms. The van der Waals surface area contributed by atoms with Crippen LogP contribution < -0.4 is 10.1 Å². The molecule has 3 nitrogen and oxygen atoms in total. The van der Waals surface area contributed by atoms with Gasteiger partial charge in [0.2, 0.25) is 5.88 Å². The van der Waals surface area contributed by atoms with E-state index in [0.717, 1.165) is 22.3 Å². The molecular weight excluding hydrogens is 304 g/mol. The Kier molecular flexibility index (Phi) is 3.80. The van der Waals surface area contributed by atoms with Gasteiger partial charge in [0.1, 0.15) is 5.75 Å². The number of nitrogens with zero attached hydrogens (tertiary/aromatic N) is 1. The van der Waals surface area contributed by atoms with Crippen LogP contribution in [0.1, 0.15) is 18.4 Å². The SMILES string of the molecule is Brc1cnc(Oc2ccccc2)c(CNC2CC2)c1. The Balaban J connectivity index is 1.78. The van der Waals surface area contributed by atoms with E-state index in [1.807, 2.05) is 30.3 Å². The lowest BCUT2D eigenvalue weighted by Gasteiger charge is -2.11. The van der Waals surface area contributed by atoms with E-state index in [0.29, 0.717) is 11.9 Å². The van der Waals surface area contributed by atoms with Crippen molar-refractivity contribution in [2.45, 2.75) is 25.4 Å². The Labute approximate surface area is 121 Å². The van der Waals surface area contributed by atoms with Gasteiger partial charge in [0.05, 0.1) is 0 Å². The van der Waals surface area contributed by atoms with Gasteiger partial charge in [0.15, 0.2) is 0 Å². The van der Waals surface area contributed by atoms with Gasteiger partial charge in [0.25, 0.3) is 0 Å². The molecule has 19 heavy (non-hydrogen) atoms. The molecule has 0 radical (unpaired) electrons. The van der Waals surface area contributed by atoms with Crippen molar-refractivity contribution in [1.29, 1.82) is 0 Å². The molecule has 1 N–H and O–H groups in total. The summed E-state index contributed by atoms with van der Waals surface area (Å²) in [6.45, 7) is 0.791. The number of hydrogen-bond acceptors (Lipinski definition) is 3. The average molecular weight is 319 g/mol. The van der Waals surface area contributed by atoms with Crippen molar-refractivity contribution in [2.75, 3.05) is 0 Å². The number of hydrogen-bond donors (Lipinski definition) is 1. The minimum Gasteiger partial charge on any atom is -0.439 e. The van der Waals surface area contributed by atoms with Crippen LogP contribution in [0.2, 0.25) is 0 Å². The van der Waals surface area contributed by atoms with Crippen molar-refractivity contribution in [2.24, 2.45) is 0 Å². The lowest BCUT2D eigenvalue weighted by molar-refractivity contribution is 0.452. The van der Waals surface area contributed by atoms with Crippen LogP contribution in [-0.2, 0) is 6.54 Å². The van der Waals surface area contributed by atoms with E-state index in [1.54, 1.807) is 6.20 Å². The molecule has 0 spiro atoms. The van der Waals surface area contributed by atoms with E-state index in [-0.39, 0.29) is 0 Å². The van der Waals surface area contributed by atoms with Crippen molar-refractivity contribution in [3.63, 3.8) is 0 Å². The minimum absolute atomic E-state index is 0.669. The molecule has 0 unspecified atom stereocenters. The van der Waals surface area contributed by atoms with Gasteiger partial charge in [0, 0.05) is 28.8 Å². The summed E-state index contributed by atoms with van der Waals surface area (Å²) in [5.41, 5.74) is 1.07. The highest BCUT2D eigenvalue weighted by molar-refractivity contribution is 9.10. The molecule has 3 rings (SSSR count). The number of para-hydroxylation sites is 1. The molecule has 98 valence electrons. The fraction of sp³-hybridized carbons (Fsp3) is 0.267. The number of benzene rings is 1. The molecule has 0 amide bonds. The van der Waals surface area contributed by atoms with E-state index in [2.05, 4.69) is 32.3 Å². The third kappa shape index (κ3) is 3.55. The largest absolute Gasteiger partial charge is 0.439 e. The van der Waals surface area contributed by atoms with E-state index >= 15 is 0 Å². The Bertz CT molecular complexity index is 555. The molecule has 0 aliphatic heterocycles. The van der Waals surface area contributed by atoms with Gasteiger partial charge in [-0.2, -0.15) is 0 Å². The minimum atomic E-state index is 0.669. The molecule has 1 aromatic heterocycles. The van der Waals surface area contributed by atoms with Crippen LogP contribution >= 0.6 is 15.9 Å². The van der Waals surface area contributed by atoms with Crippen molar-refractivity contribution in [3.05, 3.63) is 52.6 Å². The summed E-state index contributed by atoms with van der Waals surface area (Å²) in [6, 6.07) is 12.5. The standard InChI is InChI=1S/C15H15BrN2O/c16-12-8-11(9-17-13-6-7-13)15(18-10-12)19-14-4-2-1-3-5-14/h1-5,8,10,13,17H,6-7,9H2. The monoisotopic (exact) mass is 318 g/mol. The summed E-state index contributed by atoms with van der Waals surface area (Å²) in [6.07, 6.45) is 4.31. The molecule has 2 aromatic rings. The Morgan fingerprint density at radius 1 is 1.26 bits per heavy atom. The highest BCUT2D eigenvalue weighted by atomic mass is 79.9. The molecule has 4 heteroatoms. The second-order valence-electron chi connectivity index (χ2n) is 4.69. The van der Waals surface area contributed by atoms with Crippen LogP contribution in [-0.4, -0.2) is 11.0 Å². The van der Waals surface area contributed by atoms with Crippen molar-refractivity contribution in [3.8, 4) is 11.6 Å². The van der Waals surface area contributed by atoms with Crippen LogP contribution in [0.4, 0.5) is 0 Å². The lowest BCUT2D eigenvalue weighted by Crippen LogP contribution is -2.16. The highest BCUT2D eigenvalue weighted by Gasteiger charge is 2.21. The maximum absolute atomic E-state index is 5.85. The smallest absolute Gasteiger partial charge is 0.223 e. The average Bonchev–Trinajstić information content (AvgIpc) is 3.24. The van der Waals surface area contributed by atoms with E-state index < -0.39 is 0 Å². The van der Waals surface area contributed by atoms with Gasteiger partial charge in [-0.3, -0.25) is 0 Å². The molecule has 1 fully saturated rings. The Morgan fingerprint density at radius 3 is 2.79 bits per heavy atom. The van der Waals surface area contributed by atoms with Gasteiger partial charge in [-0.05, 0) is 47.0 Å². The third-order valence-electron chi connectivity index (χ3n) is 3.01. The van der Waals surface area contributed by atoms with Crippen LogP contribution in [0.25, 0.3) is 0 Å². The molecular formula is C15H15BrN2O. The molecule has 1 heterocycles. The van der Waals surface area contributed by atoms with Gasteiger partial charge in [-0.1, -0.05) is 18.2 Å². The zero-order valence-corrected chi connectivity index (χ0v) is 12.1. The summed E-state index contributed by atoms with van der Waals surface area (Å²) in [7, 11) is 0. The first-order chi connectivity index (χ1) is 9.31. The highest BCUT2D eigenvalue weighted by Crippen LogP contribution is 2.26. The number of pyridine rings is 1. The first-order valence-corrected chi connectivity index (χ1v) is 7.21. The maximum atomic E-state index is 5.85. The normalized spacial score (nSPS) is 14.4. The summed E-state index contributed by atoms with van der Waals surface area (Å²) in [4.78, 5) is 4.36. The van der Waals surface area contributed by atoms with Crippen molar-refractivity contribution < 1.29 is 4.74 Å². The predicted octanol–water partition coefficient (Wildman–Crippen LogP) is 3.89. The third-order valence-corrected chi connectivity index (χ3v) is 3.44. The first-order valence-electron chi connectivity index (χ1n) is 6.42. The van der Waals surface area contributed by atoms with E-state index in [9.17, 15) is 0 Å². The van der Waals surface area contributed by atoms with Gasteiger partial charge in [-0.25, -0.2) is 4.98 Å². The van der Waals surface area contributed by atoms with Gasteiger partial charge < -0.3 is 10.1 Å². The summed E-state index contributed by atoms with van der Waals surface area (Å²) >= 11 is 3.46. The second-order valence-corrected chi connectivity index (χ2v) is 5.60. The Morgan fingerprint density at radius 2 is 2.05 bits per heavy atom. The summed E-state index contributed by atoms with van der Waals surface area (Å²) < 4.78 is 6.82. The number of aromatic nitrogens is 1. The predicted molar refractivity (Wildman–Crippen MR) is 78.3 cm³/mol. The molecule has 1 aromatic carbocycles. The van der Waals surface area contributed by atoms with Crippen molar-refractivity contribution in [1.82, 2.24) is 10.3 Å². The quantitative estimate of drug-likeness (QED) is 0.908. The Hall–Kier alpha value is -1.39. The van der Waals surface area contributed by atoms with E-state index in [4.69, 9.17) is 4.74 Å². The van der Waals surface area contributed by atoms with Crippen LogP contribution in [0, 0.1) is 0 Å². The number of halogens is 1. The topological polar surface area (TPSA) is 34.1 Å². The number of nitrogens with one attached hydrogen (secondary N) is 1. The van der Waals surface area contributed by atoms with Crippen LogP contribution in [0.5, 0.6) is 11.6 Å². The van der Waals surface area contributed by atoms with E-state index in [1.165, 1.54) is 12.8 Å². The number of ether oxygens (including phenoxy) is 1. The fourth-order valence-electron chi connectivity index (χ4n) is 1.83. The first kappa shape index (κ1) is 12.6. The maximum Gasteiger partial charge on any atom is 0.223 e. The molecule has 0 atom stereocenters. The summed E-state index contributed by atoms with van der Waals surface area (Å²) in [5.74, 6) is 1.48. The molecule has 1 aliphatic carbocycles. The van der Waals surface area contributed by atoms with Gasteiger partial charge >= 0.3 is 0 Å². The van der Waals surface area contributed by atoms with Crippen LogP contribution in [0.3, 0.4) is 0 Å². The molecule has 1 aliphatic rings. The van der Waals surface area contributed by atoms with Gasteiger partial charge in [-0.15, -0.1) is 0 Å². The fourth-order valence-corrected chi connectivity index (χ4v) is 2.21. The number of rotatable bonds is 5.